The number of hydrogen-bond acceptors (Lipinski definition) is 4. The summed E-state index contributed by atoms with van der Waals surface area (Å²) in [5.74, 6) is -0.772. The molecule has 1 atom stereocenters. The highest BCUT2D eigenvalue weighted by Crippen LogP contribution is 2.29. The zero-order chi connectivity index (χ0) is 22.0. The van der Waals surface area contributed by atoms with Crippen LogP contribution in [0.2, 0.25) is 5.02 Å². The number of likely N-dealkylation sites (tertiary alicyclic amines) is 1. The van der Waals surface area contributed by atoms with Crippen molar-refractivity contribution in [3.8, 4) is 0 Å². The average Bonchev–Trinajstić information content (AvgIpc) is 2.79. The molecule has 0 aromatic heterocycles. The number of amides is 2. The first-order valence-corrected chi connectivity index (χ1v) is 10.3. The fraction of sp³-hybridized carbons (Fsp3) is 0.217. The predicted octanol–water partition coefficient (Wildman–Crippen LogP) is 4.89. The number of benzene rings is 3. The van der Waals surface area contributed by atoms with Crippen molar-refractivity contribution >= 4 is 45.6 Å². The summed E-state index contributed by atoms with van der Waals surface area (Å²) < 4.78 is 0. The van der Waals surface area contributed by atoms with Gasteiger partial charge in [0.1, 0.15) is 5.02 Å². The lowest BCUT2D eigenvalue weighted by Gasteiger charge is -2.32. The van der Waals surface area contributed by atoms with E-state index in [0.29, 0.717) is 37.2 Å². The van der Waals surface area contributed by atoms with E-state index >= 15 is 0 Å². The Morgan fingerprint density at radius 2 is 1.87 bits per heavy atom. The van der Waals surface area contributed by atoms with Crippen LogP contribution in [0, 0.1) is 16.0 Å². The van der Waals surface area contributed by atoms with Gasteiger partial charge in [0, 0.05) is 30.4 Å². The van der Waals surface area contributed by atoms with Gasteiger partial charge in [-0.1, -0.05) is 48.0 Å². The number of piperidine rings is 1. The van der Waals surface area contributed by atoms with Crippen LogP contribution < -0.4 is 5.32 Å². The van der Waals surface area contributed by atoms with Crippen LogP contribution in [-0.2, 0) is 4.79 Å². The van der Waals surface area contributed by atoms with Crippen molar-refractivity contribution < 1.29 is 14.5 Å². The van der Waals surface area contributed by atoms with Crippen LogP contribution in [0.25, 0.3) is 10.8 Å². The number of anilines is 1. The van der Waals surface area contributed by atoms with E-state index < -0.39 is 10.8 Å². The number of carbonyl (C=O) groups is 2. The zero-order valence-corrected chi connectivity index (χ0v) is 17.3. The van der Waals surface area contributed by atoms with Crippen LogP contribution in [0.5, 0.6) is 0 Å². The Bertz CT molecular complexity index is 1180. The summed E-state index contributed by atoms with van der Waals surface area (Å²) in [6.07, 6.45) is 1.34. The quantitative estimate of drug-likeness (QED) is 0.464. The van der Waals surface area contributed by atoms with Crippen molar-refractivity contribution in [3.63, 3.8) is 0 Å². The molecule has 3 aromatic carbocycles. The van der Waals surface area contributed by atoms with E-state index in [1.807, 2.05) is 36.4 Å². The molecule has 2 amide bonds. The smallest absolute Gasteiger partial charge is 0.289 e. The molecular formula is C23H20ClN3O4. The van der Waals surface area contributed by atoms with E-state index in [2.05, 4.69) is 5.32 Å². The molecule has 3 aromatic rings. The molecule has 1 fully saturated rings. The molecule has 31 heavy (non-hydrogen) atoms. The van der Waals surface area contributed by atoms with Crippen LogP contribution in [0.4, 0.5) is 11.4 Å². The number of halogens is 1. The molecule has 7 nitrogen and oxygen atoms in total. The lowest BCUT2D eigenvalue weighted by molar-refractivity contribution is -0.384. The molecule has 1 heterocycles. The maximum atomic E-state index is 13.2. The fourth-order valence-electron chi connectivity index (χ4n) is 3.93. The Balaban J connectivity index is 1.49. The number of fused-ring (bicyclic) bond motifs is 1. The Labute approximate surface area is 183 Å². The first-order valence-electron chi connectivity index (χ1n) is 9.96. The van der Waals surface area contributed by atoms with Gasteiger partial charge in [-0.3, -0.25) is 19.7 Å². The standard InChI is InChI=1S/C23H20ClN3O4/c24-20-11-10-17(13-21(20)27(30)31)25-22(28)16-7-4-12-26(14-16)23(29)19-9-3-6-15-5-1-2-8-18(15)19/h1-3,5-6,8-11,13,16H,4,7,12,14H2,(H,25,28). The molecule has 8 heteroatoms. The van der Waals surface area contributed by atoms with Crippen molar-refractivity contribution in [3.05, 3.63) is 81.4 Å². The van der Waals surface area contributed by atoms with Gasteiger partial charge in [-0.25, -0.2) is 0 Å². The van der Waals surface area contributed by atoms with Crippen LogP contribution in [0.3, 0.4) is 0 Å². The van der Waals surface area contributed by atoms with Crippen molar-refractivity contribution in [2.45, 2.75) is 12.8 Å². The van der Waals surface area contributed by atoms with Gasteiger partial charge in [-0.05, 0) is 41.8 Å². The van der Waals surface area contributed by atoms with Gasteiger partial charge in [-0.2, -0.15) is 0 Å². The van der Waals surface area contributed by atoms with Gasteiger partial charge in [0.25, 0.3) is 11.6 Å². The van der Waals surface area contributed by atoms with E-state index in [4.69, 9.17) is 11.6 Å². The predicted molar refractivity (Wildman–Crippen MR) is 119 cm³/mol. The number of nitrogens with zero attached hydrogens (tertiary/aromatic N) is 2. The fourth-order valence-corrected chi connectivity index (χ4v) is 4.12. The van der Waals surface area contributed by atoms with Crippen molar-refractivity contribution in [2.24, 2.45) is 5.92 Å². The summed E-state index contributed by atoms with van der Waals surface area (Å²) in [6.45, 7) is 0.877. The molecular weight excluding hydrogens is 418 g/mol. The maximum absolute atomic E-state index is 13.2. The van der Waals surface area contributed by atoms with E-state index in [-0.39, 0.29) is 22.5 Å². The minimum Gasteiger partial charge on any atom is -0.338 e. The second-order valence-corrected chi connectivity index (χ2v) is 7.94. The highest BCUT2D eigenvalue weighted by Gasteiger charge is 2.30. The third-order valence-corrected chi connectivity index (χ3v) is 5.83. The third kappa shape index (κ3) is 4.36. The summed E-state index contributed by atoms with van der Waals surface area (Å²) >= 11 is 5.83. The first-order chi connectivity index (χ1) is 14.9. The normalized spacial score (nSPS) is 16.2. The molecule has 1 aliphatic rings. The zero-order valence-electron chi connectivity index (χ0n) is 16.6. The van der Waals surface area contributed by atoms with Gasteiger partial charge in [-0.15, -0.1) is 0 Å². The maximum Gasteiger partial charge on any atom is 0.289 e. The largest absolute Gasteiger partial charge is 0.338 e. The van der Waals surface area contributed by atoms with Gasteiger partial charge < -0.3 is 10.2 Å². The lowest BCUT2D eigenvalue weighted by Crippen LogP contribution is -2.43. The number of hydrogen-bond donors (Lipinski definition) is 1. The number of rotatable bonds is 4. The first kappa shape index (κ1) is 20.8. The molecule has 0 saturated carbocycles. The molecule has 1 saturated heterocycles. The SMILES string of the molecule is O=C(Nc1ccc(Cl)c([N+](=O)[O-])c1)C1CCCN(C(=O)c2cccc3ccccc23)C1. The monoisotopic (exact) mass is 437 g/mol. The van der Waals surface area contributed by atoms with Crippen molar-refractivity contribution in [1.29, 1.82) is 0 Å². The summed E-state index contributed by atoms with van der Waals surface area (Å²) in [5.41, 5.74) is 0.655. The third-order valence-electron chi connectivity index (χ3n) is 5.51. The summed E-state index contributed by atoms with van der Waals surface area (Å²) in [4.78, 5) is 38.2. The molecule has 1 N–H and O–H groups in total. The Morgan fingerprint density at radius 1 is 1.10 bits per heavy atom. The minimum absolute atomic E-state index is 0.00697. The molecule has 1 aliphatic heterocycles. The number of nitro benzene ring substituents is 1. The van der Waals surface area contributed by atoms with Crippen LogP contribution in [0.15, 0.2) is 60.7 Å². The molecule has 0 aliphatic carbocycles. The Hall–Kier alpha value is -3.45. The number of nitrogens with one attached hydrogen (secondary N) is 1. The van der Waals surface area contributed by atoms with Gasteiger partial charge >= 0.3 is 0 Å². The van der Waals surface area contributed by atoms with Crippen LogP contribution in [-0.4, -0.2) is 34.7 Å². The van der Waals surface area contributed by atoms with E-state index in [1.54, 1.807) is 11.0 Å². The number of nitro groups is 1. The molecule has 158 valence electrons. The second-order valence-electron chi connectivity index (χ2n) is 7.53. The highest BCUT2D eigenvalue weighted by atomic mass is 35.5. The van der Waals surface area contributed by atoms with E-state index in [1.165, 1.54) is 18.2 Å². The summed E-state index contributed by atoms with van der Waals surface area (Å²) in [6, 6.07) is 17.5. The van der Waals surface area contributed by atoms with Crippen molar-refractivity contribution in [1.82, 2.24) is 4.90 Å². The average molecular weight is 438 g/mol. The molecule has 1 unspecified atom stereocenters. The lowest BCUT2D eigenvalue weighted by atomic mass is 9.95. The molecule has 0 radical (unpaired) electrons. The Morgan fingerprint density at radius 3 is 2.68 bits per heavy atom. The van der Waals surface area contributed by atoms with Gasteiger partial charge in [0.15, 0.2) is 0 Å². The molecule has 0 spiro atoms. The summed E-state index contributed by atoms with van der Waals surface area (Å²) in [5, 5.41) is 15.7. The summed E-state index contributed by atoms with van der Waals surface area (Å²) in [7, 11) is 0. The van der Waals surface area contributed by atoms with Gasteiger partial charge in [0.05, 0.1) is 10.8 Å². The van der Waals surface area contributed by atoms with E-state index in [9.17, 15) is 19.7 Å². The van der Waals surface area contributed by atoms with Crippen LogP contribution >= 0.6 is 11.6 Å². The number of carbonyl (C=O) groups excluding carboxylic acids is 2. The van der Waals surface area contributed by atoms with Gasteiger partial charge in [0.2, 0.25) is 5.91 Å². The van der Waals surface area contributed by atoms with Crippen molar-refractivity contribution in [2.75, 3.05) is 18.4 Å². The Kier molecular flexibility index (Phi) is 5.86. The second kappa shape index (κ2) is 8.73. The topological polar surface area (TPSA) is 92.5 Å². The van der Waals surface area contributed by atoms with E-state index in [0.717, 1.165) is 10.8 Å². The molecule has 0 bridgehead atoms. The van der Waals surface area contributed by atoms with Crippen LogP contribution in [0.1, 0.15) is 23.2 Å². The minimum atomic E-state index is -0.594. The highest BCUT2D eigenvalue weighted by molar-refractivity contribution is 6.32. The molecule has 4 rings (SSSR count).